The summed E-state index contributed by atoms with van der Waals surface area (Å²) in [5, 5.41) is 14.9. The zero-order valence-electron chi connectivity index (χ0n) is 12.0. The van der Waals surface area contributed by atoms with Gasteiger partial charge in [0, 0.05) is 5.56 Å². The van der Waals surface area contributed by atoms with E-state index in [9.17, 15) is 5.11 Å². The monoisotopic (exact) mass is 303 g/mol. The minimum Gasteiger partial charge on any atom is -0.494 e. The van der Waals surface area contributed by atoms with Gasteiger partial charge < -0.3 is 9.84 Å². The van der Waals surface area contributed by atoms with Crippen molar-refractivity contribution in [2.45, 2.75) is 26.9 Å². The van der Waals surface area contributed by atoms with E-state index in [4.69, 9.17) is 4.74 Å². The molecule has 0 saturated carbocycles. The molecule has 2 aromatic heterocycles. The first kappa shape index (κ1) is 14.0. The molecule has 3 rings (SSSR count). The van der Waals surface area contributed by atoms with Crippen LogP contribution in [-0.2, 0) is 6.61 Å². The predicted molar refractivity (Wildman–Crippen MR) is 82.7 cm³/mol. The molecule has 1 aromatic carbocycles. The largest absolute Gasteiger partial charge is 0.494 e. The highest BCUT2D eigenvalue weighted by Crippen LogP contribution is 2.28. The molecule has 1 N–H and O–H groups in total. The van der Waals surface area contributed by atoms with Crippen LogP contribution in [0.5, 0.6) is 5.75 Å². The number of aromatic nitrogens is 3. The Hall–Kier alpha value is -1.92. The highest BCUT2D eigenvalue weighted by Gasteiger charge is 2.16. The zero-order valence-corrected chi connectivity index (χ0v) is 12.9. The number of nitrogens with zero attached hydrogens (tertiary/aromatic N) is 3. The molecule has 6 heteroatoms. The van der Waals surface area contributed by atoms with Gasteiger partial charge in [-0.25, -0.2) is 9.50 Å². The van der Waals surface area contributed by atoms with Gasteiger partial charge in [0.1, 0.15) is 10.8 Å². The summed E-state index contributed by atoms with van der Waals surface area (Å²) < 4.78 is 7.30. The Bertz CT molecular complexity index is 746. The highest BCUT2D eigenvalue weighted by atomic mass is 32.1. The van der Waals surface area contributed by atoms with Gasteiger partial charge >= 0.3 is 0 Å². The number of imidazole rings is 1. The molecule has 0 aliphatic carbocycles. The second-order valence-electron chi connectivity index (χ2n) is 4.75. The quantitative estimate of drug-likeness (QED) is 0.787. The third-order valence-electron chi connectivity index (χ3n) is 3.15. The van der Waals surface area contributed by atoms with Crippen LogP contribution in [-0.4, -0.2) is 26.3 Å². The summed E-state index contributed by atoms with van der Waals surface area (Å²) >= 11 is 1.52. The maximum Gasteiger partial charge on any atom is 0.213 e. The molecule has 0 atom stereocenters. The molecule has 0 bridgehead atoms. The SMILES string of the molecule is CCCOc1ccc(-c2nc3sc(C)nn3c2CO)cc1. The minimum absolute atomic E-state index is 0.0895. The summed E-state index contributed by atoms with van der Waals surface area (Å²) in [4.78, 5) is 5.39. The summed E-state index contributed by atoms with van der Waals surface area (Å²) in [5.74, 6) is 0.848. The average Bonchev–Trinajstić information content (AvgIpc) is 3.01. The van der Waals surface area contributed by atoms with E-state index in [0.29, 0.717) is 6.61 Å². The molecule has 0 radical (unpaired) electrons. The lowest BCUT2D eigenvalue weighted by molar-refractivity contribution is 0.275. The second-order valence-corrected chi connectivity index (χ2v) is 5.91. The molecule has 0 aliphatic heterocycles. The maximum atomic E-state index is 9.63. The highest BCUT2D eigenvalue weighted by molar-refractivity contribution is 7.16. The fourth-order valence-electron chi connectivity index (χ4n) is 2.19. The normalized spacial score (nSPS) is 11.2. The summed E-state index contributed by atoms with van der Waals surface area (Å²) in [6.07, 6.45) is 0.985. The van der Waals surface area contributed by atoms with Gasteiger partial charge in [0.2, 0.25) is 4.96 Å². The zero-order chi connectivity index (χ0) is 14.8. The van der Waals surface area contributed by atoms with E-state index < -0.39 is 0 Å². The van der Waals surface area contributed by atoms with Crippen LogP contribution >= 0.6 is 11.3 Å². The molecule has 110 valence electrons. The maximum absolute atomic E-state index is 9.63. The van der Waals surface area contributed by atoms with E-state index in [2.05, 4.69) is 17.0 Å². The van der Waals surface area contributed by atoms with E-state index in [-0.39, 0.29) is 6.61 Å². The van der Waals surface area contributed by atoms with E-state index >= 15 is 0 Å². The molecule has 0 aliphatic rings. The first-order valence-electron chi connectivity index (χ1n) is 6.92. The number of fused-ring (bicyclic) bond motifs is 1. The van der Waals surface area contributed by atoms with Crippen LogP contribution in [0.4, 0.5) is 0 Å². The Kier molecular flexibility index (Phi) is 3.90. The van der Waals surface area contributed by atoms with Gasteiger partial charge in [0.05, 0.1) is 24.6 Å². The fourth-order valence-corrected chi connectivity index (χ4v) is 2.95. The lowest BCUT2D eigenvalue weighted by Gasteiger charge is -2.05. The Morgan fingerprint density at radius 2 is 2.05 bits per heavy atom. The number of aliphatic hydroxyl groups excluding tert-OH is 1. The first-order chi connectivity index (χ1) is 10.2. The summed E-state index contributed by atoms with van der Waals surface area (Å²) in [5.41, 5.74) is 2.45. The summed E-state index contributed by atoms with van der Waals surface area (Å²) in [6, 6.07) is 7.78. The third kappa shape index (κ3) is 2.64. The molecule has 0 amide bonds. The van der Waals surface area contributed by atoms with Crippen LogP contribution in [0, 0.1) is 6.92 Å². The van der Waals surface area contributed by atoms with Gasteiger partial charge in [0.25, 0.3) is 0 Å². The topological polar surface area (TPSA) is 59.7 Å². The van der Waals surface area contributed by atoms with E-state index in [1.54, 1.807) is 4.52 Å². The van der Waals surface area contributed by atoms with Crippen molar-refractivity contribution in [3.8, 4) is 17.0 Å². The van der Waals surface area contributed by atoms with Crippen molar-refractivity contribution in [2.24, 2.45) is 0 Å². The molecule has 0 spiro atoms. The number of ether oxygens (including phenoxy) is 1. The lowest BCUT2D eigenvalue weighted by Crippen LogP contribution is -1.96. The van der Waals surface area contributed by atoms with Crippen molar-refractivity contribution < 1.29 is 9.84 Å². The molecule has 5 nitrogen and oxygen atoms in total. The van der Waals surface area contributed by atoms with Crippen molar-refractivity contribution in [1.82, 2.24) is 14.6 Å². The van der Waals surface area contributed by atoms with Gasteiger partial charge in [-0.3, -0.25) is 0 Å². The summed E-state index contributed by atoms with van der Waals surface area (Å²) in [7, 11) is 0. The minimum atomic E-state index is -0.0895. The third-order valence-corrected chi connectivity index (χ3v) is 3.97. The smallest absolute Gasteiger partial charge is 0.213 e. The Labute approximate surface area is 126 Å². The molecule has 0 unspecified atom stereocenters. The number of aryl methyl sites for hydroxylation is 1. The van der Waals surface area contributed by atoms with Crippen LogP contribution in [0.25, 0.3) is 16.2 Å². The van der Waals surface area contributed by atoms with Gasteiger partial charge in [-0.05, 0) is 37.6 Å². The molecular weight excluding hydrogens is 286 g/mol. The van der Waals surface area contributed by atoms with Gasteiger partial charge in [-0.15, -0.1) is 0 Å². The van der Waals surface area contributed by atoms with E-state index in [1.165, 1.54) is 11.3 Å². The van der Waals surface area contributed by atoms with Gasteiger partial charge in [0.15, 0.2) is 0 Å². The number of hydrogen-bond acceptors (Lipinski definition) is 5. The van der Waals surface area contributed by atoms with Gasteiger partial charge in [-0.1, -0.05) is 18.3 Å². The molecular formula is C15H17N3O2S. The molecule has 2 heterocycles. The Morgan fingerprint density at radius 3 is 2.71 bits per heavy atom. The van der Waals surface area contributed by atoms with Gasteiger partial charge in [-0.2, -0.15) is 5.10 Å². The van der Waals surface area contributed by atoms with E-state index in [0.717, 1.165) is 39.1 Å². The molecule has 21 heavy (non-hydrogen) atoms. The van der Waals surface area contributed by atoms with Crippen molar-refractivity contribution in [3.63, 3.8) is 0 Å². The number of hydrogen-bond donors (Lipinski definition) is 1. The number of benzene rings is 1. The van der Waals surface area contributed by atoms with Crippen LogP contribution in [0.3, 0.4) is 0 Å². The lowest BCUT2D eigenvalue weighted by atomic mass is 10.1. The fraction of sp³-hybridized carbons (Fsp3) is 0.333. The number of aliphatic hydroxyl groups is 1. The standard InChI is InChI=1S/C15H17N3O2S/c1-3-8-20-12-6-4-11(5-7-12)14-13(9-19)18-15(16-14)21-10(2)17-18/h4-7,19H,3,8-9H2,1-2H3. The van der Waals surface area contributed by atoms with Crippen LogP contribution in [0.1, 0.15) is 24.0 Å². The van der Waals surface area contributed by atoms with Crippen molar-refractivity contribution in [3.05, 3.63) is 35.0 Å². The van der Waals surface area contributed by atoms with Crippen LogP contribution in [0.15, 0.2) is 24.3 Å². The predicted octanol–water partition coefficient (Wildman–Crippen LogP) is 3.05. The molecule has 3 aromatic rings. The van der Waals surface area contributed by atoms with Crippen LogP contribution < -0.4 is 4.74 Å². The van der Waals surface area contributed by atoms with Crippen molar-refractivity contribution in [2.75, 3.05) is 6.61 Å². The number of rotatable bonds is 5. The van der Waals surface area contributed by atoms with Crippen molar-refractivity contribution in [1.29, 1.82) is 0 Å². The molecule has 0 fully saturated rings. The average molecular weight is 303 g/mol. The Morgan fingerprint density at radius 1 is 1.29 bits per heavy atom. The first-order valence-corrected chi connectivity index (χ1v) is 7.73. The van der Waals surface area contributed by atoms with E-state index in [1.807, 2.05) is 31.2 Å². The Balaban J connectivity index is 1.97. The van der Waals surface area contributed by atoms with Crippen LogP contribution in [0.2, 0.25) is 0 Å². The van der Waals surface area contributed by atoms with Crippen molar-refractivity contribution >= 4 is 16.3 Å². The molecule has 0 saturated heterocycles. The summed E-state index contributed by atoms with van der Waals surface area (Å²) in [6.45, 7) is 4.63. The second kappa shape index (κ2) is 5.83.